The molecular weight excluding hydrogens is 180 g/mol. The SMILES string of the molecule is O=C(O)CCN1CC[C@@H](C(F)F)C1. The van der Waals surface area contributed by atoms with Crippen LogP contribution in [-0.2, 0) is 4.79 Å². The highest BCUT2D eigenvalue weighted by Crippen LogP contribution is 2.22. The number of aliphatic carboxylic acids is 1. The van der Waals surface area contributed by atoms with Gasteiger partial charge in [0.1, 0.15) is 0 Å². The largest absolute Gasteiger partial charge is 0.481 e. The van der Waals surface area contributed by atoms with Gasteiger partial charge in [-0.3, -0.25) is 4.79 Å². The summed E-state index contributed by atoms with van der Waals surface area (Å²) in [5.41, 5.74) is 0. The van der Waals surface area contributed by atoms with Crippen LogP contribution in [0.2, 0.25) is 0 Å². The molecule has 0 spiro atoms. The van der Waals surface area contributed by atoms with E-state index >= 15 is 0 Å². The average molecular weight is 193 g/mol. The van der Waals surface area contributed by atoms with Crippen LogP contribution in [0.3, 0.4) is 0 Å². The first-order valence-corrected chi connectivity index (χ1v) is 4.32. The number of carboxylic acids is 1. The topological polar surface area (TPSA) is 40.5 Å². The fourth-order valence-corrected chi connectivity index (χ4v) is 1.53. The summed E-state index contributed by atoms with van der Waals surface area (Å²) in [6.45, 7) is 1.33. The number of rotatable bonds is 4. The molecule has 0 aromatic heterocycles. The zero-order valence-corrected chi connectivity index (χ0v) is 7.25. The van der Waals surface area contributed by atoms with Gasteiger partial charge in [-0.05, 0) is 13.0 Å². The van der Waals surface area contributed by atoms with Crippen molar-refractivity contribution in [3.8, 4) is 0 Å². The fourth-order valence-electron chi connectivity index (χ4n) is 1.53. The molecule has 0 aromatic rings. The molecule has 1 aliphatic heterocycles. The van der Waals surface area contributed by atoms with Gasteiger partial charge in [0, 0.05) is 19.0 Å². The third-order valence-electron chi connectivity index (χ3n) is 2.31. The molecule has 1 aliphatic rings. The lowest BCUT2D eigenvalue weighted by molar-refractivity contribution is -0.137. The Morgan fingerprint density at radius 3 is 2.77 bits per heavy atom. The summed E-state index contributed by atoms with van der Waals surface area (Å²) in [6.07, 6.45) is -1.75. The molecular formula is C8H13F2NO2. The Balaban J connectivity index is 2.21. The molecule has 3 nitrogen and oxygen atoms in total. The van der Waals surface area contributed by atoms with Crippen LogP contribution in [0, 0.1) is 5.92 Å². The molecule has 0 unspecified atom stereocenters. The van der Waals surface area contributed by atoms with Crippen LogP contribution in [0.15, 0.2) is 0 Å². The van der Waals surface area contributed by atoms with Crippen molar-refractivity contribution in [2.24, 2.45) is 5.92 Å². The van der Waals surface area contributed by atoms with E-state index in [1.165, 1.54) is 0 Å². The van der Waals surface area contributed by atoms with E-state index in [1.54, 1.807) is 4.90 Å². The third-order valence-corrected chi connectivity index (χ3v) is 2.31. The molecule has 1 rings (SSSR count). The van der Waals surface area contributed by atoms with Gasteiger partial charge in [0.2, 0.25) is 6.43 Å². The number of carbonyl (C=O) groups is 1. The zero-order chi connectivity index (χ0) is 9.84. The minimum Gasteiger partial charge on any atom is -0.481 e. The lowest BCUT2D eigenvalue weighted by Gasteiger charge is -2.13. The zero-order valence-electron chi connectivity index (χ0n) is 7.25. The number of hydrogen-bond acceptors (Lipinski definition) is 2. The first-order chi connectivity index (χ1) is 6.09. The molecule has 1 heterocycles. The second-order valence-electron chi connectivity index (χ2n) is 3.33. The number of hydrogen-bond donors (Lipinski definition) is 1. The summed E-state index contributed by atoms with van der Waals surface area (Å²) in [4.78, 5) is 12.0. The predicted octanol–water partition coefficient (Wildman–Crippen LogP) is 1.05. The van der Waals surface area contributed by atoms with Gasteiger partial charge in [-0.25, -0.2) is 8.78 Å². The predicted molar refractivity (Wildman–Crippen MR) is 42.8 cm³/mol. The lowest BCUT2D eigenvalue weighted by atomic mass is 10.1. The maximum atomic E-state index is 12.2. The van der Waals surface area contributed by atoms with Gasteiger partial charge < -0.3 is 10.0 Å². The summed E-state index contributed by atoms with van der Waals surface area (Å²) in [6, 6.07) is 0. The Hall–Kier alpha value is -0.710. The number of nitrogens with zero attached hydrogens (tertiary/aromatic N) is 1. The Kier molecular flexibility index (Phi) is 3.59. The number of alkyl halides is 2. The van der Waals surface area contributed by atoms with Crippen molar-refractivity contribution in [2.45, 2.75) is 19.3 Å². The van der Waals surface area contributed by atoms with Gasteiger partial charge in [0.15, 0.2) is 0 Å². The summed E-state index contributed by atoms with van der Waals surface area (Å²) < 4.78 is 24.3. The van der Waals surface area contributed by atoms with E-state index in [1.807, 2.05) is 0 Å². The van der Waals surface area contributed by atoms with Gasteiger partial charge in [-0.15, -0.1) is 0 Å². The molecule has 5 heteroatoms. The Labute approximate surface area is 75.3 Å². The van der Waals surface area contributed by atoms with Crippen molar-refractivity contribution in [3.63, 3.8) is 0 Å². The highest BCUT2D eigenvalue weighted by molar-refractivity contribution is 5.66. The van der Waals surface area contributed by atoms with Gasteiger partial charge in [0.05, 0.1) is 6.42 Å². The maximum absolute atomic E-state index is 12.2. The van der Waals surface area contributed by atoms with Crippen molar-refractivity contribution in [3.05, 3.63) is 0 Å². The summed E-state index contributed by atoms with van der Waals surface area (Å²) >= 11 is 0. The summed E-state index contributed by atoms with van der Waals surface area (Å²) in [5.74, 6) is -1.44. The van der Waals surface area contributed by atoms with Crippen molar-refractivity contribution in [1.82, 2.24) is 4.90 Å². The van der Waals surface area contributed by atoms with Gasteiger partial charge in [0.25, 0.3) is 0 Å². The van der Waals surface area contributed by atoms with Crippen molar-refractivity contribution in [1.29, 1.82) is 0 Å². The van der Waals surface area contributed by atoms with Crippen molar-refractivity contribution in [2.75, 3.05) is 19.6 Å². The number of carboxylic acid groups (broad SMARTS) is 1. The van der Waals surface area contributed by atoms with Crippen molar-refractivity contribution >= 4 is 5.97 Å². The Morgan fingerprint density at radius 2 is 2.31 bits per heavy atom. The van der Waals surface area contributed by atoms with Gasteiger partial charge in [-0.1, -0.05) is 0 Å². The van der Waals surface area contributed by atoms with E-state index in [-0.39, 0.29) is 6.42 Å². The van der Waals surface area contributed by atoms with Crippen LogP contribution in [0.25, 0.3) is 0 Å². The molecule has 1 saturated heterocycles. The minimum atomic E-state index is -2.27. The molecule has 76 valence electrons. The Bertz CT molecular complexity index is 187. The van der Waals surface area contributed by atoms with E-state index in [0.29, 0.717) is 26.1 Å². The van der Waals surface area contributed by atoms with E-state index in [2.05, 4.69) is 0 Å². The van der Waals surface area contributed by atoms with Crippen LogP contribution >= 0.6 is 0 Å². The molecule has 0 aromatic carbocycles. The van der Waals surface area contributed by atoms with Crippen LogP contribution in [0.1, 0.15) is 12.8 Å². The smallest absolute Gasteiger partial charge is 0.304 e. The first-order valence-electron chi connectivity index (χ1n) is 4.32. The van der Waals surface area contributed by atoms with E-state index in [9.17, 15) is 13.6 Å². The van der Waals surface area contributed by atoms with Crippen LogP contribution in [0.5, 0.6) is 0 Å². The molecule has 1 fully saturated rings. The minimum absolute atomic E-state index is 0.0377. The molecule has 0 saturated carbocycles. The molecule has 0 amide bonds. The fraction of sp³-hybridized carbons (Fsp3) is 0.875. The van der Waals surface area contributed by atoms with E-state index in [0.717, 1.165) is 0 Å². The third kappa shape index (κ3) is 3.26. The average Bonchev–Trinajstić information content (AvgIpc) is 2.48. The van der Waals surface area contributed by atoms with E-state index in [4.69, 9.17) is 5.11 Å². The molecule has 0 aliphatic carbocycles. The van der Waals surface area contributed by atoms with Crippen molar-refractivity contribution < 1.29 is 18.7 Å². The second kappa shape index (κ2) is 4.50. The molecule has 1 atom stereocenters. The van der Waals surface area contributed by atoms with Crippen LogP contribution in [0.4, 0.5) is 8.78 Å². The van der Waals surface area contributed by atoms with Crippen LogP contribution < -0.4 is 0 Å². The molecule has 0 radical (unpaired) electrons. The van der Waals surface area contributed by atoms with Crippen LogP contribution in [-0.4, -0.2) is 42.0 Å². The van der Waals surface area contributed by atoms with Gasteiger partial charge >= 0.3 is 5.97 Å². The maximum Gasteiger partial charge on any atom is 0.304 e. The highest BCUT2D eigenvalue weighted by atomic mass is 19.3. The molecule has 1 N–H and O–H groups in total. The van der Waals surface area contributed by atoms with E-state index < -0.39 is 18.3 Å². The Morgan fingerprint density at radius 1 is 1.62 bits per heavy atom. The highest BCUT2D eigenvalue weighted by Gasteiger charge is 2.29. The quantitative estimate of drug-likeness (QED) is 0.725. The summed E-state index contributed by atoms with van der Waals surface area (Å²) in [5, 5.41) is 8.37. The summed E-state index contributed by atoms with van der Waals surface area (Å²) in [7, 11) is 0. The standard InChI is InChI=1S/C8H13F2NO2/c9-8(10)6-1-3-11(5-6)4-2-7(12)13/h6,8H,1-5H2,(H,12,13)/t6-/m1/s1. The van der Waals surface area contributed by atoms with Gasteiger partial charge in [-0.2, -0.15) is 0 Å². The number of likely N-dealkylation sites (tertiary alicyclic amines) is 1. The monoisotopic (exact) mass is 193 g/mol. The first kappa shape index (κ1) is 10.4. The molecule has 0 bridgehead atoms. The lowest BCUT2D eigenvalue weighted by Crippen LogP contribution is -2.25. The molecule has 13 heavy (non-hydrogen) atoms. The second-order valence-corrected chi connectivity index (χ2v) is 3.33. The number of halogens is 2. The normalized spacial score (nSPS) is 24.1.